The summed E-state index contributed by atoms with van der Waals surface area (Å²) >= 11 is 0. The first kappa shape index (κ1) is 13.8. The summed E-state index contributed by atoms with van der Waals surface area (Å²) in [6.45, 7) is 12.0. The van der Waals surface area contributed by atoms with E-state index >= 15 is 0 Å². The summed E-state index contributed by atoms with van der Waals surface area (Å²) in [6.07, 6.45) is 0. The van der Waals surface area contributed by atoms with E-state index in [0.717, 1.165) is 5.69 Å². The molecule has 0 aliphatic heterocycles. The zero-order chi connectivity index (χ0) is 10.1. The highest BCUT2D eigenvalue weighted by molar-refractivity contribution is 5.05. The van der Waals surface area contributed by atoms with Crippen molar-refractivity contribution in [3.8, 4) is 0 Å². The van der Waals surface area contributed by atoms with E-state index in [9.17, 15) is 0 Å². The fourth-order valence-electron chi connectivity index (χ4n) is 0.740. The molecule has 0 fully saturated rings. The maximum absolute atomic E-state index is 4.13. The minimum atomic E-state index is 1.09. The van der Waals surface area contributed by atoms with Gasteiger partial charge in [0.1, 0.15) is 0 Å². The SMILES string of the molecule is CC.CC.Cc1cc(C)n(C)n1. The molecule has 0 unspecified atom stereocenters. The number of nitrogens with zero attached hydrogens (tertiary/aromatic N) is 2. The van der Waals surface area contributed by atoms with Crippen LogP contribution in [0.25, 0.3) is 0 Å². The lowest BCUT2D eigenvalue weighted by molar-refractivity contribution is 0.731. The average molecular weight is 170 g/mol. The molecule has 0 N–H and O–H groups in total. The van der Waals surface area contributed by atoms with Crippen LogP contribution in [0, 0.1) is 13.8 Å². The molecule has 2 heteroatoms. The van der Waals surface area contributed by atoms with E-state index in [-0.39, 0.29) is 0 Å². The molecule has 12 heavy (non-hydrogen) atoms. The van der Waals surface area contributed by atoms with Gasteiger partial charge in [-0.15, -0.1) is 0 Å². The van der Waals surface area contributed by atoms with Crippen LogP contribution < -0.4 is 0 Å². The van der Waals surface area contributed by atoms with Gasteiger partial charge in [-0.05, 0) is 19.9 Å². The molecular weight excluding hydrogens is 148 g/mol. The molecule has 1 heterocycles. The molecule has 0 amide bonds. The van der Waals surface area contributed by atoms with Crippen molar-refractivity contribution in [1.82, 2.24) is 9.78 Å². The zero-order valence-corrected chi connectivity index (χ0v) is 9.47. The Morgan fingerprint density at radius 2 is 1.50 bits per heavy atom. The lowest BCUT2D eigenvalue weighted by Gasteiger charge is -1.87. The molecule has 0 atom stereocenters. The Balaban J connectivity index is 0. The van der Waals surface area contributed by atoms with Crippen LogP contribution in [0.4, 0.5) is 0 Å². The van der Waals surface area contributed by atoms with Crippen LogP contribution >= 0.6 is 0 Å². The Morgan fingerprint density at radius 3 is 1.58 bits per heavy atom. The molecule has 0 spiro atoms. The van der Waals surface area contributed by atoms with Crippen LogP contribution in [0.2, 0.25) is 0 Å². The molecule has 0 saturated heterocycles. The van der Waals surface area contributed by atoms with Crippen molar-refractivity contribution >= 4 is 0 Å². The van der Waals surface area contributed by atoms with E-state index in [1.54, 1.807) is 0 Å². The Morgan fingerprint density at radius 1 is 1.08 bits per heavy atom. The summed E-state index contributed by atoms with van der Waals surface area (Å²) in [6, 6.07) is 2.06. The normalized spacial score (nSPS) is 7.58. The molecule has 72 valence electrons. The molecular formula is C10H22N2. The van der Waals surface area contributed by atoms with Gasteiger partial charge in [0.15, 0.2) is 0 Å². The highest BCUT2D eigenvalue weighted by atomic mass is 15.3. The standard InChI is InChI=1S/C6H10N2.2C2H6/c1-5-4-6(2)8(3)7-5;2*1-2/h4H,1-3H3;2*1-2H3. The fourth-order valence-corrected chi connectivity index (χ4v) is 0.740. The van der Waals surface area contributed by atoms with Gasteiger partial charge in [0.05, 0.1) is 5.69 Å². The van der Waals surface area contributed by atoms with Crippen molar-refractivity contribution in [3.63, 3.8) is 0 Å². The Hall–Kier alpha value is -0.790. The molecule has 0 bridgehead atoms. The fraction of sp³-hybridized carbons (Fsp3) is 0.700. The van der Waals surface area contributed by atoms with Crippen LogP contribution in [0.1, 0.15) is 39.1 Å². The zero-order valence-electron chi connectivity index (χ0n) is 9.47. The second kappa shape index (κ2) is 8.31. The van der Waals surface area contributed by atoms with E-state index in [2.05, 4.69) is 11.2 Å². The maximum Gasteiger partial charge on any atom is 0.0596 e. The Bertz CT molecular complexity index is 170. The third-order valence-electron chi connectivity index (χ3n) is 1.24. The van der Waals surface area contributed by atoms with E-state index in [4.69, 9.17) is 0 Å². The maximum atomic E-state index is 4.13. The van der Waals surface area contributed by atoms with Gasteiger partial charge in [-0.1, -0.05) is 27.7 Å². The lowest BCUT2D eigenvalue weighted by atomic mass is 10.4. The van der Waals surface area contributed by atoms with Crippen molar-refractivity contribution in [1.29, 1.82) is 0 Å². The van der Waals surface area contributed by atoms with Gasteiger partial charge in [-0.2, -0.15) is 5.10 Å². The number of hydrogen-bond acceptors (Lipinski definition) is 1. The van der Waals surface area contributed by atoms with Crippen LogP contribution in [0.3, 0.4) is 0 Å². The average Bonchev–Trinajstić information content (AvgIpc) is 2.37. The Labute approximate surface area is 76.6 Å². The molecule has 0 aliphatic carbocycles. The van der Waals surface area contributed by atoms with E-state index in [1.165, 1.54) is 5.69 Å². The minimum Gasteiger partial charge on any atom is -0.273 e. The third-order valence-corrected chi connectivity index (χ3v) is 1.24. The van der Waals surface area contributed by atoms with Crippen LogP contribution in [0.15, 0.2) is 6.07 Å². The topological polar surface area (TPSA) is 17.8 Å². The smallest absolute Gasteiger partial charge is 0.0596 e. The monoisotopic (exact) mass is 170 g/mol. The van der Waals surface area contributed by atoms with Crippen LogP contribution in [-0.4, -0.2) is 9.78 Å². The predicted octanol–water partition coefficient (Wildman–Crippen LogP) is 3.09. The molecule has 1 aromatic rings. The molecule has 0 saturated carbocycles. The van der Waals surface area contributed by atoms with Crippen molar-refractivity contribution in [3.05, 3.63) is 17.5 Å². The van der Waals surface area contributed by atoms with Gasteiger partial charge in [-0.25, -0.2) is 0 Å². The second-order valence-corrected chi connectivity index (χ2v) is 2.05. The third kappa shape index (κ3) is 4.94. The van der Waals surface area contributed by atoms with Gasteiger partial charge in [-0.3, -0.25) is 4.68 Å². The molecule has 1 aromatic heterocycles. The van der Waals surface area contributed by atoms with Gasteiger partial charge < -0.3 is 0 Å². The van der Waals surface area contributed by atoms with Crippen molar-refractivity contribution in [2.45, 2.75) is 41.5 Å². The molecule has 1 rings (SSSR count). The Kier molecular flexibility index (Phi) is 9.54. The second-order valence-electron chi connectivity index (χ2n) is 2.05. The minimum absolute atomic E-state index is 1.09. The highest BCUT2D eigenvalue weighted by Crippen LogP contribution is 1.96. The van der Waals surface area contributed by atoms with Gasteiger partial charge in [0.25, 0.3) is 0 Å². The summed E-state index contributed by atoms with van der Waals surface area (Å²) in [7, 11) is 1.95. The summed E-state index contributed by atoms with van der Waals surface area (Å²) in [5.74, 6) is 0. The lowest BCUT2D eigenvalue weighted by Crippen LogP contribution is -1.91. The number of hydrogen-bond donors (Lipinski definition) is 0. The summed E-state index contributed by atoms with van der Waals surface area (Å²) in [5, 5.41) is 4.13. The molecule has 2 nitrogen and oxygen atoms in total. The van der Waals surface area contributed by atoms with Crippen LogP contribution in [-0.2, 0) is 7.05 Å². The number of rotatable bonds is 0. The largest absolute Gasteiger partial charge is 0.273 e. The molecule has 0 aliphatic rings. The summed E-state index contributed by atoms with van der Waals surface area (Å²) < 4.78 is 1.87. The molecule has 0 aromatic carbocycles. The van der Waals surface area contributed by atoms with Crippen molar-refractivity contribution in [2.75, 3.05) is 0 Å². The first-order valence-electron chi connectivity index (χ1n) is 4.67. The first-order valence-corrected chi connectivity index (χ1v) is 4.67. The quantitative estimate of drug-likeness (QED) is 0.585. The van der Waals surface area contributed by atoms with Crippen molar-refractivity contribution < 1.29 is 0 Å². The predicted molar refractivity (Wildman–Crippen MR) is 55.4 cm³/mol. The summed E-state index contributed by atoms with van der Waals surface area (Å²) in [4.78, 5) is 0. The number of aryl methyl sites for hydroxylation is 3. The van der Waals surface area contributed by atoms with E-state index < -0.39 is 0 Å². The van der Waals surface area contributed by atoms with Crippen molar-refractivity contribution in [2.24, 2.45) is 7.05 Å². The first-order chi connectivity index (χ1) is 5.70. The van der Waals surface area contributed by atoms with E-state index in [0.29, 0.717) is 0 Å². The van der Waals surface area contributed by atoms with Gasteiger partial charge >= 0.3 is 0 Å². The summed E-state index contributed by atoms with van der Waals surface area (Å²) in [5.41, 5.74) is 2.30. The van der Waals surface area contributed by atoms with Gasteiger partial charge in [0.2, 0.25) is 0 Å². The van der Waals surface area contributed by atoms with Gasteiger partial charge in [0, 0.05) is 12.7 Å². The highest BCUT2D eigenvalue weighted by Gasteiger charge is 1.91. The number of aromatic nitrogens is 2. The van der Waals surface area contributed by atoms with E-state index in [1.807, 2.05) is 53.3 Å². The molecule has 0 radical (unpaired) electrons. The van der Waals surface area contributed by atoms with Crippen LogP contribution in [0.5, 0.6) is 0 Å².